The lowest BCUT2D eigenvalue weighted by Crippen LogP contribution is -2.45. The number of halogens is 2. The summed E-state index contributed by atoms with van der Waals surface area (Å²) in [4.78, 5) is 26.9. The van der Waals surface area contributed by atoms with Crippen molar-refractivity contribution in [1.82, 2.24) is 10.2 Å². The fourth-order valence-corrected chi connectivity index (χ4v) is 3.49. The number of hydrogen-bond acceptors (Lipinski definition) is 2. The molecule has 2 aromatic rings. The van der Waals surface area contributed by atoms with Crippen LogP contribution >= 0.6 is 23.2 Å². The molecule has 1 fully saturated rings. The zero-order valence-corrected chi connectivity index (χ0v) is 15.1. The summed E-state index contributed by atoms with van der Waals surface area (Å²) < 4.78 is 0. The summed E-state index contributed by atoms with van der Waals surface area (Å²) in [6, 6.07) is 14.0. The van der Waals surface area contributed by atoms with Crippen LogP contribution in [0.2, 0.25) is 10.0 Å². The highest BCUT2D eigenvalue weighted by Crippen LogP contribution is 2.26. The SMILES string of the molecule is O=C(NCc1ccccc1)[C@H]1CCCN1C(=O)c1ccc(Cl)cc1Cl. The minimum Gasteiger partial charge on any atom is -0.350 e. The van der Waals surface area contributed by atoms with E-state index in [1.54, 1.807) is 17.0 Å². The molecule has 0 aliphatic carbocycles. The second kappa shape index (κ2) is 7.89. The largest absolute Gasteiger partial charge is 0.350 e. The van der Waals surface area contributed by atoms with Crippen LogP contribution in [-0.2, 0) is 11.3 Å². The van der Waals surface area contributed by atoms with Crippen LogP contribution in [0.1, 0.15) is 28.8 Å². The van der Waals surface area contributed by atoms with Crippen LogP contribution in [-0.4, -0.2) is 29.3 Å². The molecule has 0 unspecified atom stereocenters. The Bertz CT molecular complexity index is 780. The quantitative estimate of drug-likeness (QED) is 0.878. The van der Waals surface area contributed by atoms with Gasteiger partial charge in [0.1, 0.15) is 6.04 Å². The molecule has 25 heavy (non-hydrogen) atoms. The third-order valence-electron chi connectivity index (χ3n) is 4.29. The number of nitrogens with zero attached hydrogens (tertiary/aromatic N) is 1. The molecule has 0 aromatic heterocycles. The van der Waals surface area contributed by atoms with Crippen molar-refractivity contribution >= 4 is 35.0 Å². The van der Waals surface area contributed by atoms with E-state index in [4.69, 9.17) is 23.2 Å². The van der Waals surface area contributed by atoms with Crippen molar-refractivity contribution in [3.8, 4) is 0 Å². The molecular formula is C19H18Cl2N2O2. The van der Waals surface area contributed by atoms with Crippen LogP contribution in [0, 0.1) is 0 Å². The second-order valence-corrected chi connectivity index (χ2v) is 6.83. The zero-order chi connectivity index (χ0) is 17.8. The van der Waals surface area contributed by atoms with Gasteiger partial charge in [-0.2, -0.15) is 0 Å². The van der Waals surface area contributed by atoms with Gasteiger partial charge in [0, 0.05) is 18.1 Å². The molecule has 1 atom stereocenters. The monoisotopic (exact) mass is 376 g/mol. The summed E-state index contributed by atoms with van der Waals surface area (Å²) in [5.74, 6) is -0.376. The number of amides is 2. The van der Waals surface area contributed by atoms with Crippen LogP contribution in [0.25, 0.3) is 0 Å². The smallest absolute Gasteiger partial charge is 0.256 e. The molecule has 0 radical (unpaired) electrons. The topological polar surface area (TPSA) is 49.4 Å². The highest BCUT2D eigenvalue weighted by molar-refractivity contribution is 6.36. The molecule has 130 valence electrons. The van der Waals surface area contributed by atoms with Gasteiger partial charge in [-0.25, -0.2) is 0 Å². The van der Waals surface area contributed by atoms with Crippen molar-refractivity contribution in [1.29, 1.82) is 0 Å². The summed E-state index contributed by atoms with van der Waals surface area (Å²) in [6.45, 7) is 0.987. The van der Waals surface area contributed by atoms with E-state index >= 15 is 0 Å². The Balaban J connectivity index is 1.69. The number of carbonyl (C=O) groups excluding carboxylic acids is 2. The maximum atomic E-state index is 12.8. The Morgan fingerprint density at radius 1 is 1.12 bits per heavy atom. The number of rotatable bonds is 4. The highest BCUT2D eigenvalue weighted by atomic mass is 35.5. The van der Waals surface area contributed by atoms with Crippen LogP contribution in [0.3, 0.4) is 0 Å². The third-order valence-corrected chi connectivity index (χ3v) is 4.84. The molecular weight excluding hydrogens is 359 g/mol. The molecule has 1 N–H and O–H groups in total. The van der Waals surface area contributed by atoms with E-state index in [1.165, 1.54) is 6.07 Å². The number of likely N-dealkylation sites (tertiary alicyclic amines) is 1. The van der Waals surface area contributed by atoms with Crippen molar-refractivity contribution < 1.29 is 9.59 Å². The molecule has 0 saturated carbocycles. The summed E-state index contributed by atoms with van der Waals surface area (Å²) in [5.41, 5.74) is 1.39. The Morgan fingerprint density at radius 3 is 2.60 bits per heavy atom. The van der Waals surface area contributed by atoms with E-state index in [0.717, 1.165) is 12.0 Å². The minimum atomic E-state index is -0.469. The molecule has 2 amide bonds. The van der Waals surface area contributed by atoms with E-state index in [9.17, 15) is 9.59 Å². The van der Waals surface area contributed by atoms with Gasteiger partial charge < -0.3 is 10.2 Å². The van der Waals surface area contributed by atoms with Crippen molar-refractivity contribution in [2.45, 2.75) is 25.4 Å². The molecule has 1 saturated heterocycles. The van der Waals surface area contributed by atoms with Crippen molar-refractivity contribution in [2.24, 2.45) is 0 Å². The van der Waals surface area contributed by atoms with Crippen molar-refractivity contribution in [3.63, 3.8) is 0 Å². The lowest BCUT2D eigenvalue weighted by Gasteiger charge is -2.24. The lowest BCUT2D eigenvalue weighted by atomic mass is 10.1. The average Bonchev–Trinajstić information content (AvgIpc) is 3.10. The summed E-state index contributed by atoms with van der Waals surface area (Å²) in [5, 5.41) is 3.69. The van der Waals surface area contributed by atoms with Crippen LogP contribution in [0.5, 0.6) is 0 Å². The van der Waals surface area contributed by atoms with Gasteiger partial charge in [0.05, 0.1) is 10.6 Å². The van der Waals surface area contributed by atoms with E-state index < -0.39 is 6.04 Å². The van der Waals surface area contributed by atoms with E-state index in [0.29, 0.717) is 35.1 Å². The number of carbonyl (C=O) groups is 2. The first kappa shape index (κ1) is 17.8. The Hall–Kier alpha value is -2.04. The Morgan fingerprint density at radius 2 is 1.88 bits per heavy atom. The third kappa shape index (κ3) is 4.14. The molecule has 0 spiro atoms. The Kier molecular flexibility index (Phi) is 5.61. The molecule has 1 heterocycles. The number of nitrogens with one attached hydrogen (secondary N) is 1. The van der Waals surface area contributed by atoms with Crippen LogP contribution in [0.15, 0.2) is 48.5 Å². The maximum absolute atomic E-state index is 12.8. The van der Waals surface area contributed by atoms with Gasteiger partial charge in [-0.15, -0.1) is 0 Å². The van der Waals surface area contributed by atoms with Gasteiger partial charge in [0.2, 0.25) is 5.91 Å². The van der Waals surface area contributed by atoms with Crippen LogP contribution in [0.4, 0.5) is 0 Å². The summed E-state index contributed by atoms with van der Waals surface area (Å²) >= 11 is 12.0. The van der Waals surface area contributed by atoms with Gasteiger partial charge >= 0.3 is 0 Å². The fraction of sp³-hybridized carbons (Fsp3) is 0.263. The molecule has 1 aliphatic heterocycles. The molecule has 2 aromatic carbocycles. The molecule has 0 bridgehead atoms. The predicted octanol–water partition coefficient (Wildman–Crippen LogP) is 3.91. The number of hydrogen-bond donors (Lipinski definition) is 1. The van der Waals surface area contributed by atoms with Gasteiger partial charge in [0.25, 0.3) is 5.91 Å². The summed E-state index contributed by atoms with van der Waals surface area (Å²) in [6.07, 6.45) is 1.44. The van der Waals surface area contributed by atoms with Crippen molar-refractivity contribution in [3.05, 3.63) is 69.7 Å². The maximum Gasteiger partial charge on any atom is 0.256 e. The molecule has 6 heteroatoms. The first-order valence-electron chi connectivity index (χ1n) is 8.14. The number of benzene rings is 2. The summed E-state index contributed by atoms with van der Waals surface area (Å²) in [7, 11) is 0. The van der Waals surface area contributed by atoms with E-state index in [-0.39, 0.29) is 11.8 Å². The molecule has 3 rings (SSSR count). The molecule has 1 aliphatic rings. The second-order valence-electron chi connectivity index (χ2n) is 5.98. The normalized spacial score (nSPS) is 16.7. The Labute approximate surface area is 156 Å². The van der Waals surface area contributed by atoms with Gasteiger partial charge in [-0.05, 0) is 36.6 Å². The minimum absolute atomic E-state index is 0.139. The predicted molar refractivity (Wildman–Crippen MR) is 98.8 cm³/mol. The van der Waals surface area contributed by atoms with Gasteiger partial charge in [-0.3, -0.25) is 9.59 Å². The zero-order valence-electron chi connectivity index (χ0n) is 13.5. The standard InChI is InChI=1S/C19H18Cl2N2O2/c20-14-8-9-15(16(21)11-14)19(25)23-10-4-7-17(23)18(24)22-12-13-5-2-1-3-6-13/h1-3,5-6,8-9,11,17H,4,7,10,12H2,(H,22,24)/t17-/m1/s1. The fourth-order valence-electron chi connectivity index (χ4n) is 3.00. The first-order valence-corrected chi connectivity index (χ1v) is 8.89. The molecule has 4 nitrogen and oxygen atoms in total. The van der Waals surface area contributed by atoms with E-state index in [2.05, 4.69) is 5.32 Å². The van der Waals surface area contributed by atoms with Gasteiger partial charge in [-0.1, -0.05) is 53.5 Å². The first-order chi connectivity index (χ1) is 12.1. The average molecular weight is 377 g/mol. The van der Waals surface area contributed by atoms with E-state index in [1.807, 2.05) is 30.3 Å². The van der Waals surface area contributed by atoms with Crippen LogP contribution < -0.4 is 5.32 Å². The lowest BCUT2D eigenvalue weighted by molar-refractivity contribution is -0.125. The highest BCUT2D eigenvalue weighted by Gasteiger charge is 2.35. The van der Waals surface area contributed by atoms with Gasteiger partial charge in [0.15, 0.2) is 0 Å². The van der Waals surface area contributed by atoms with Crippen molar-refractivity contribution in [2.75, 3.05) is 6.54 Å².